The first-order valence-electron chi connectivity index (χ1n) is 12.5. The Hall–Kier alpha value is -2.82. The zero-order valence-corrected chi connectivity index (χ0v) is 22.5. The molecule has 2 saturated heterocycles. The fourth-order valence-corrected chi connectivity index (χ4v) is 4.68. The van der Waals surface area contributed by atoms with Crippen molar-refractivity contribution in [2.24, 2.45) is 0 Å². The second-order valence-electron chi connectivity index (χ2n) is 9.74. The second kappa shape index (κ2) is 12.1. The molecule has 2 aromatic rings. The lowest BCUT2D eigenvalue weighted by Gasteiger charge is -2.43. The van der Waals surface area contributed by atoms with Gasteiger partial charge in [0.05, 0.1) is 26.7 Å². The first-order valence-corrected chi connectivity index (χ1v) is 12.9. The van der Waals surface area contributed by atoms with E-state index < -0.39 is 5.60 Å². The molecule has 2 fully saturated rings. The average molecular weight is 535 g/mol. The molecule has 0 spiro atoms. The molecule has 11 heteroatoms. The maximum atomic E-state index is 13.3. The Morgan fingerprint density at radius 3 is 2.59 bits per heavy atom. The lowest BCUT2D eigenvalue weighted by molar-refractivity contribution is -0.166. The summed E-state index contributed by atoms with van der Waals surface area (Å²) in [6.45, 7) is 6.08. The molecule has 1 aromatic carbocycles. The molecule has 202 valence electrons. The molecule has 10 nitrogen and oxygen atoms in total. The Bertz CT molecular complexity index is 1090. The summed E-state index contributed by atoms with van der Waals surface area (Å²) in [4.78, 5) is 32.3. The van der Waals surface area contributed by atoms with Gasteiger partial charge < -0.3 is 33.4 Å². The third-order valence-corrected chi connectivity index (χ3v) is 7.32. The number of carbonyl (C=O) groups excluding carboxylic acids is 2. The number of ether oxygens (including phenoxy) is 3. The van der Waals surface area contributed by atoms with Crippen molar-refractivity contribution in [2.45, 2.75) is 31.8 Å². The van der Waals surface area contributed by atoms with Gasteiger partial charge in [0.25, 0.3) is 5.88 Å². The molecule has 4 rings (SSSR count). The molecule has 3 heterocycles. The van der Waals surface area contributed by atoms with Gasteiger partial charge >= 0.3 is 0 Å². The molecule has 0 saturated carbocycles. The molecule has 0 unspecified atom stereocenters. The zero-order chi connectivity index (χ0) is 26.4. The minimum atomic E-state index is -0.961. The number of amides is 2. The van der Waals surface area contributed by atoms with Crippen LogP contribution in [0.2, 0.25) is 5.02 Å². The van der Waals surface area contributed by atoms with Gasteiger partial charge in [-0.1, -0.05) is 11.6 Å². The van der Waals surface area contributed by atoms with Crippen molar-refractivity contribution in [1.29, 1.82) is 0 Å². The largest absolute Gasteiger partial charge is 0.490 e. The Morgan fingerprint density at radius 2 is 1.89 bits per heavy atom. The molecule has 0 bridgehead atoms. The molecule has 2 aliphatic rings. The van der Waals surface area contributed by atoms with Gasteiger partial charge in [0.15, 0.2) is 0 Å². The van der Waals surface area contributed by atoms with Crippen molar-refractivity contribution >= 4 is 23.4 Å². The highest BCUT2D eigenvalue weighted by Gasteiger charge is 2.42. The summed E-state index contributed by atoms with van der Waals surface area (Å²) in [5.41, 5.74) is -0.0655. The lowest BCUT2D eigenvalue weighted by atomic mass is 9.96. The van der Waals surface area contributed by atoms with Crippen LogP contribution in [0.5, 0.6) is 11.6 Å². The van der Waals surface area contributed by atoms with E-state index in [4.69, 9.17) is 30.3 Å². The van der Waals surface area contributed by atoms with E-state index in [-0.39, 0.29) is 37.8 Å². The number of aryl methyl sites for hydroxylation is 2. The van der Waals surface area contributed by atoms with Crippen LogP contribution < -0.4 is 9.47 Å². The molecule has 1 atom stereocenters. The fraction of sp³-hybridized carbons (Fsp3) is 0.577. The normalized spacial score (nSPS) is 20.6. The van der Waals surface area contributed by atoms with Crippen molar-refractivity contribution in [3.63, 3.8) is 0 Å². The van der Waals surface area contributed by atoms with Gasteiger partial charge in [0.2, 0.25) is 11.8 Å². The molecule has 0 radical (unpaired) electrons. The van der Waals surface area contributed by atoms with E-state index in [1.165, 1.54) is 7.11 Å². The summed E-state index contributed by atoms with van der Waals surface area (Å²) in [7, 11) is 3.56. The van der Waals surface area contributed by atoms with E-state index in [0.717, 1.165) is 18.7 Å². The van der Waals surface area contributed by atoms with Crippen LogP contribution in [0, 0.1) is 6.92 Å². The van der Waals surface area contributed by atoms with E-state index in [2.05, 4.69) is 10.1 Å². The number of morpholine rings is 1. The monoisotopic (exact) mass is 534 g/mol. The number of hydrogen-bond donors (Lipinski definition) is 0. The van der Waals surface area contributed by atoms with Crippen LogP contribution in [0.3, 0.4) is 0 Å². The first-order chi connectivity index (χ1) is 17.8. The van der Waals surface area contributed by atoms with Gasteiger partial charge in [-0.05, 0) is 42.9 Å². The number of hydrogen-bond acceptors (Lipinski definition) is 8. The first kappa shape index (κ1) is 27.2. The molecular formula is C26H35ClN4O6. The standard InChI is InChI=1S/C26H35ClN4O6/c1-19-14-20(4-6-22(19)27)35-18-26(16-25(33)30-10-8-29(2)9-11-30)17-31(12-13-36-26)24(32)7-5-21-15-23(34-3)28-37-21/h4,6,14-15H,5,7-13,16-18H2,1-3H3/t26-/m0/s1. The van der Waals surface area contributed by atoms with Gasteiger partial charge in [-0.15, -0.1) is 0 Å². The van der Waals surface area contributed by atoms with E-state index >= 15 is 0 Å². The minimum Gasteiger partial charge on any atom is -0.490 e. The van der Waals surface area contributed by atoms with E-state index in [0.29, 0.717) is 55.1 Å². The van der Waals surface area contributed by atoms with Crippen molar-refractivity contribution in [2.75, 3.05) is 66.6 Å². The predicted molar refractivity (Wildman–Crippen MR) is 137 cm³/mol. The van der Waals surface area contributed by atoms with Gasteiger partial charge in [-0.2, -0.15) is 0 Å². The van der Waals surface area contributed by atoms with Crippen molar-refractivity contribution in [1.82, 2.24) is 19.9 Å². The Morgan fingerprint density at radius 1 is 1.11 bits per heavy atom. The number of likely N-dealkylation sites (N-methyl/N-ethyl adjacent to an activating group) is 1. The van der Waals surface area contributed by atoms with Gasteiger partial charge in [-0.3, -0.25) is 9.59 Å². The number of aromatic nitrogens is 1. The van der Waals surface area contributed by atoms with Crippen molar-refractivity contribution in [3.05, 3.63) is 40.6 Å². The van der Waals surface area contributed by atoms with Crippen LogP contribution in [0.1, 0.15) is 24.2 Å². The molecule has 0 aliphatic carbocycles. The van der Waals surface area contributed by atoms with E-state index in [1.54, 1.807) is 23.1 Å². The quantitative estimate of drug-likeness (QED) is 0.484. The summed E-state index contributed by atoms with van der Waals surface area (Å²) >= 11 is 6.16. The number of nitrogens with zero attached hydrogens (tertiary/aromatic N) is 4. The van der Waals surface area contributed by atoms with Crippen LogP contribution in [0.4, 0.5) is 0 Å². The number of methoxy groups -OCH3 is 1. The summed E-state index contributed by atoms with van der Waals surface area (Å²) in [5.74, 6) is 1.56. The molecule has 1 aromatic heterocycles. The van der Waals surface area contributed by atoms with Gasteiger partial charge in [-0.25, -0.2) is 0 Å². The van der Waals surface area contributed by atoms with Crippen LogP contribution in [-0.2, 0) is 20.7 Å². The SMILES string of the molecule is COc1cc(CCC(=O)N2CCO[C@@](COc3ccc(Cl)c(C)c3)(CC(=O)N3CCN(C)CC3)C2)on1. The lowest BCUT2D eigenvalue weighted by Crippen LogP contribution is -2.59. The molecular weight excluding hydrogens is 500 g/mol. The third kappa shape index (κ3) is 7.15. The van der Waals surface area contributed by atoms with Crippen LogP contribution in [0.15, 0.2) is 28.8 Å². The molecule has 2 aliphatic heterocycles. The van der Waals surface area contributed by atoms with Crippen LogP contribution in [0.25, 0.3) is 0 Å². The Kier molecular flexibility index (Phi) is 8.94. The van der Waals surface area contributed by atoms with Crippen molar-refractivity contribution < 1.29 is 28.3 Å². The topological polar surface area (TPSA) is 97.6 Å². The van der Waals surface area contributed by atoms with Gasteiger partial charge in [0, 0.05) is 56.7 Å². The summed E-state index contributed by atoms with van der Waals surface area (Å²) in [6, 6.07) is 7.11. The highest BCUT2D eigenvalue weighted by atomic mass is 35.5. The number of rotatable bonds is 9. The van der Waals surface area contributed by atoms with Gasteiger partial charge in [0.1, 0.15) is 23.7 Å². The Labute approximate surface area is 222 Å². The smallest absolute Gasteiger partial charge is 0.254 e. The molecule has 37 heavy (non-hydrogen) atoms. The predicted octanol–water partition coefficient (Wildman–Crippen LogP) is 2.42. The second-order valence-corrected chi connectivity index (χ2v) is 10.2. The number of benzene rings is 1. The minimum absolute atomic E-state index is 0.00652. The average Bonchev–Trinajstić information content (AvgIpc) is 3.37. The Balaban J connectivity index is 1.45. The molecule has 0 N–H and O–H groups in total. The maximum Gasteiger partial charge on any atom is 0.254 e. The van der Waals surface area contributed by atoms with E-state index in [1.807, 2.05) is 24.9 Å². The fourth-order valence-electron chi connectivity index (χ4n) is 4.56. The summed E-state index contributed by atoms with van der Waals surface area (Å²) in [6.07, 6.45) is 0.783. The number of piperazine rings is 1. The van der Waals surface area contributed by atoms with Crippen molar-refractivity contribution in [3.8, 4) is 11.6 Å². The zero-order valence-electron chi connectivity index (χ0n) is 21.7. The highest BCUT2D eigenvalue weighted by Crippen LogP contribution is 2.28. The summed E-state index contributed by atoms with van der Waals surface area (Å²) < 4.78 is 22.6. The third-order valence-electron chi connectivity index (χ3n) is 6.89. The summed E-state index contributed by atoms with van der Waals surface area (Å²) in [5, 5.41) is 4.44. The van der Waals surface area contributed by atoms with E-state index in [9.17, 15) is 9.59 Å². The molecule has 2 amide bonds. The highest BCUT2D eigenvalue weighted by molar-refractivity contribution is 6.31. The number of halogens is 1. The maximum absolute atomic E-state index is 13.3. The van der Waals surface area contributed by atoms with Crippen LogP contribution >= 0.6 is 11.6 Å². The van der Waals surface area contributed by atoms with Crippen LogP contribution in [-0.4, -0.2) is 104 Å². The number of carbonyl (C=O) groups is 2.